The highest BCUT2D eigenvalue weighted by Crippen LogP contribution is 2.59. The highest BCUT2D eigenvalue weighted by atomic mass is 31.2. The molecule has 1 atom stereocenters. The highest BCUT2D eigenvalue weighted by Gasteiger charge is 2.35. The van der Waals surface area contributed by atoms with Gasteiger partial charge < -0.3 is 24.3 Å². The molecule has 0 unspecified atom stereocenters. The maximum Gasteiger partial charge on any atom is 0.351 e. The minimum atomic E-state index is -3.44. The third-order valence-electron chi connectivity index (χ3n) is 2.72. The van der Waals surface area contributed by atoms with Crippen molar-refractivity contribution in [3.8, 4) is 11.5 Å². The van der Waals surface area contributed by atoms with Gasteiger partial charge in [-0.3, -0.25) is 4.57 Å². The number of benzene rings is 1. The third-order valence-corrected chi connectivity index (χ3v) is 4.91. The lowest BCUT2D eigenvalue weighted by molar-refractivity contribution is 0.212. The summed E-state index contributed by atoms with van der Waals surface area (Å²) in [6.07, 6.45) is 0. The smallest absolute Gasteiger partial charge is 0.351 e. The molecule has 0 heterocycles. The van der Waals surface area contributed by atoms with E-state index in [1.165, 1.54) is 7.11 Å². The zero-order valence-electron chi connectivity index (χ0n) is 12.3. The van der Waals surface area contributed by atoms with Crippen molar-refractivity contribution in [3.63, 3.8) is 0 Å². The molecule has 114 valence electrons. The molecular formula is C13H22NO5P. The molecule has 1 rings (SSSR count). The Morgan fingerprint density at radius 3 is 2.20 bits per heavy atom. The first-order valence-corrected chi connectivity index (χ1v) is 7.99. The Morgan fingerprint density at radius 1 is 1.15 bits per heavy atom. The van der Waals surface area contributed by atoms with E-state index in [0.717, 1.165) is 0 Å². The zero-order chi connectivity index (χ0) is 15.2. The van der Waals surface area contributed by atoms with Crippen LogP contribution in [0.5, 0.6) is 11.5 Å². The lowest BCUT2D eigenvalue weighted by Crippen LogP contribution is -2.16. The highest BCUT2D eigenvalue weighted by molar-refractivity contribution is 7.54. The van der Waals surface area contributed by atoms with Crippen LogP contribution in [0.1, 0.15) is 25.2 Å². The van der Waals surface area contributed by atoms with Crippen LogP contribution in [0.2, 0.25) is 0 Å². The summed E-state index contributed by atoms with van der Waals surface area (Å²) in [6, 6.07) is 5.10. The van der Waals surface area contributed by atoms with Gasteiger partial charge in [-0.25, -0.2) is 0 Å². The average Bonchev–Trinajstić information content (AvgIpc) is 2.46. The Hall–Kier alpha value is -1.07. The molecule has 0 aliphatic carbocycles. The van der Waals surface area contributed by atoms with Crippen molar-refractivity contribution >= 4 is 7.60 Å². The largest absolute Gasteiger partial charge is 0.497 e. The van der Waals surface area contributed by atoms with Gasteiger partial charge in [0.2, 0.25) is 0 Å². The van der Waals surface area contributed by atoms with Crippen LogP contribution in [-0.4, -0.2) is 27.4 Å². The fourth-order valence-electron chi connectivity index (χ4n) is 1.79. The van der Waals surface area contributed by atoms with Crippen molar-refractivity contribution in [3.05, 3.63) is 23.8 Å². The molecule has 0 amide bonds. The van der Waals surface area contributed by atoms with Gasteiger partial charge in [-0.15, -0.1) is 0 Å². The quantitative estimate of drug-likeness (QED) is 0.744. The fraction of sp³-hybridized carbons (Fsp3) is 0.538. The van der Waals surface area contributed by atoms with Gasteiger partial charge in [0.25, 0.3) is 0 Å². The van der Waals surface area contributed by atoms with Gasteiger partial charge in [-0.1, -0.05) is 0 Å². The first kappa shape index (κ1) is 17.0. The van der Waals surface area contributed by atoms with Crippen molar-refractivity contribution in [1.29, 1.82) is 0 Å². The van der Waals surface area contributed by atoms with E-state index in [2.05, 4.69) is 0 Å². The van der Waals surface area contributed by atoms with E-state index in [-0.39, 0.29) is 13.2 Å². The molecule has 0 bridgehead atoms. The summed E-state index contributed by atoms with van der Waals surface area (Å²) < 4.78 is 33.6. The van der Waals surface area contributed by atoms with Crippen molar-refractivity contribution in [2.75, 3.05) is 27.4 Å². The number of ether oxygens (including phenoxy) is 2. The van der Waals surface area contributed by atoms with Gasteiger partial charge in [-0.05, 0) is 26.0 Å². The Morgan fingerprint density at radius 2 is 1.75 bits per heavy atom. The Kier molecular flexibility index (Phi) is 6.49. The summed E-state index contributed by atoms with van der Waals surface area (Å²) in [4.78, 5) is 0. The van der Waals surface area contributed by atoms with E-state index in [0.29, 0.717) is 17.1 Å². The van der Waals surface area contributed by atoms with Crippen LogP contribution in [0.15, 0.2) is 18.2 Å². The maximum atomic E-state index is 12.7. The van der Waals surface area contributed by atoms with E-state index in [4.69, 9.17) is 24.3 Å². The van der Waals surface area contributed by atoms with Crippen LogP contribution in [-0.2, 0) is 13.6 Å². The lowest BCUT2D eigenvalue weighted by atomic mass is 10.2. The van der Waals surface area contributed by atoms with E-state index in [1.807, 2.05) is 0 Å². The lowest BCUT2D eigenvalue weighted by Gasteiger charge is -2.24. The molecule has 0 fully saturated rings. The van der Waals surface area contributed by atoms with Gasteiger partial charge in [0, 0.05) is 11.6 Å². The average molecular weight is 303 g/mol. The molecule has 0 radical (unpaired) electrons. The van der Waals surface area contributed by atoms with Crippen LogP contribution >= 0.6 is 7.60 Å². The van der Waals surface area contributed by atoms with Crippen molar-refractivity contribution < 1.29 is 23.1 Å². The first-order chi connectivity index (χ1) is 9.52. The SMILES string of the molecule is CCOP(=O)(OCC)[C@@H](N)c1ccc(OC)cc1OC. The number of methoxy groups -OCH3 is 2. The monoisotopic (exact) mass is 303 g/mol. The molecule has 2 N–H and O–H groups in total. The van der Waals surface area contributed by atoms with Crippen molar-refractivity contribution in [2.24, 2.45) is 5.73 Å². The molecular weight excluding hydrogens is 281 g/mol. The predicted octanol–water partition coefficient (Wildman–Crippen LogP) is 2.93. The molecule has 0 saturated carbocycles. The van der Waals surface area contributed by atoms with Gasteiger partial charge in [0.1, 0.15) is 17.3 Å². The fourth-order valence-corrected chi connectivity index (χ4v) is 3.46. The molecule has 0 aromatic heterocycles. The Bertz CT molecular complexity index is 470. The summed E-state index contributed by atoms with van der Waals surface area (Å²) >= 11 is 0. The van der Waals surface area contributed by atoms with Gasteiger partial charge >= 0.3 is 7.60 Å². The van der Waals surface area contributed by atoms with E-state index >= 15 is 0 Å². The molecule has 1 aromatic rings. The molecule has 0 spiro atoms. The summed E-state index contributed by atoms with van der Waals surface area (Å²) in [5, 5.41) is 0. The standard InChI is InChI=1S/C13H22NO5P/c1-5-18-20(15,19-6-2)13(14)11-8-7-10(16-3)9-12(11)17-4/h7-9,13H,5-6,14H2,1-4H3/t13-/m1/s1. The van der Waals surface area contributed by atoms with Gasteiger partial charge in [-0.2, -0.15) is 0 Å². The molecule has 0 aliphatic heterocycles. The van der Waals surface area contributed by atoms with Crippen molar-refractivity contribution in [2.45, 2.75) is 19.6 Å². The molecule has 7 heteroatoms. The topological polar surface area (TPSA) is 80.0 Å². The van der Waals surface area contributed by atoms with Crippen LogP contribution in [0.25, 0.3) is 0 Å². The second-order valence-electron chi connectivity index (χ2n) is 3.93. The number of rotatable bonds is 8. The van der Waals surface area contributed by atoms with Gasteiger partial charge in [0.15, 0.2) is 0 Å². The van der Waals surface area contributed by atoms with Crippen molar-refractivity contribution in [1.82, 2.24) is 0 Å². The minimum Gasteiger partial charge on any atom is -0.497 e. The number of hydrogen-bond donors (Lipinski definition) is 1. The summed E-state index contributed by atoms with van der Waals surface area (Å²) in [6.45, 7) is 3.99. The number of nitrogens with two attached hydrogens (primary N) is 1. The second kappa shape index (κ2) is 7.64. The zero-order valence-corrected chi connectivity index (χ0v) is 13.2. The van der Waals surface area contributed by atoms with Crippen LogP contribution in [0, 0.1) is 0 Å². The van der Waals surface area contributed by atoms with E-state index < -0.39 is 13.4 Å². The molecule has 0 saturated heterocycles. The van der Waals surface area contributed by atoms with Gasteiger partial charge in [0.05, 0.1) is 27.4 Å². The predicted molar refractivity (Wildman–Crippen MR) is 77.3 cm³/mol. The van der Waals surface area contributed by atoms with E-state index in [9.17, 15) is 4.57 Å². The number of hydrogen-bond acceptors (Lipinski definition) is 6. The molecule has 1 aromatic carbocycles. The third kappa shape index (κ3) is 3.73. The van der Waals surface area contributed by atoms with Crippen LogP contribution in [0.4, 0.5) is 0 Å². The molecule has 0 aliphatic rings. The Balaban J connectivity index is 3.17. The first-order valence-electron chi connectivity index (χ1n) is 6.38. The summed E-state index contributed by atoms with van der Waals surface area (Å²) in [7, 11) is -0.373. The summed E-state index contributed by atoms with van der Waals surface area (Å²) in [5.74, 6) is 0.195. The normalized spacial score (nSPS) is 13.1. The van der Waals surface area contributed by atoms with E-state index in [1.54, 1.807) is 39.2 Å². The summed E-state index contributed by atoms with van der Waals surface area (Å²) in [5.41, 5.74) is 6.63. The second-order valence-corrected chi connectivity index (χ2v) is 6.08. The van der Waals surface area contributed by atoms with Crippen LogP contribution in [0.3, 0.4) is 0 Å². The Labute approximate surface area is 119 Å². The maximum absolute atomic E-state index is 12.7. The minimum absolute atomic E-state index is 0.253. The molecule has 20 heavy (non-hydrogen) atoms. The molecule has 6 nitrogen and oxygen atoms in total. The van der Waals surface area contributed by atoms with Crippen LogP contribution < -0.4 is 15.2 Å².